The summed E-state index contributed by atoms with van der Waals surface area (Å²) in [6, 6.07) is 10.3. The molecule has 0 spiro atoms. The van der Waals surface area contributed by atoms with Gasteiger partial charge in [0.1, 0.15) is 5.82 Å². The maximum absolute atomic E-state index is 12.9. The van der Waals surface area contributed by atoms with Crippen LogP contribution in [-0.2, 0) is 24.8 Å². The number of sulfonamides is 2. The van der Waals surface area contributed by atoms with E-state index >= 15 is 0 Å². The minimum Gasteiger partial charge on any atom is -0.326 e. The molecule has 3 rings (SSSR count). The Hall–Kier alpha value is -2.34. The maximum Gasteiger partial charge on any atom is 0.243 e. The van der Waals surface area contributed by atoms with Crippen LogP contribution in [0.15, 0.2) is 58.3 Å². The van der Waals surface area contributed by atoms with Gasteiger partial charge in [-0.05, 0) is 55.3 Å². The topological polar surface area (TPSA) is 113 Å². The van der Waals surface area contributed by atoms with Crippen molar-refractivity contribution >= 4 is 31.6 Å². The molecule has 0 atom stereocenters. The number of carbonyl (C=O) groups excluding carboxylic acids is 1. The van der Waals surface area contributed by atoms with Gasteiger partial charge in [0.25, 0.3) is 0 Å². The lowest BCUT2D eigenvalue weighted by molar-refractivity contribution is -0.116. The molecule has 2 aromatic carbocycles. The molecule has 1 aliphatic rings. The summed E-state index contributed by atoms with van der Waals surface area (Å²) in [5.74, 6) is -1.03. The average Bonchev–Trinajstić information content (AvgIpc) is 2.75. The number of nitrogens with one attached hydrogen (secondary N) is 2. The first-order valence-corrected chi connectivity index (χ1v) is 12.8. The molecule has 0 saturated carbocycles. The number of rotatable bonds is 8. The first-order chi connectivity index (χ1) is 14.7. The fourth-order valence-corrected chi connectivity index (χ4v) is 5.80. The highest BCUT2D eigenvalue weighted by Gasteiger charge is 2.26. The predicted octanol–water partition coefficient (Wildman–Crippen LogP) is 2.31. The third-order valence-corrected chi connectivity index (χ3v) is 8.21. The Morgan fingerprint density at radius 1 is 0.935 bits per heavy atom. The van der Waals surface area contributed by atoms with Gasteiger partial charge in [0.05, 0.1) is 9.79 Å². The van der Waals surface area contributed by atoms with Crippen LogP contribution in [0.25, 0.3) is 0 Å². The molecular weight excluding hydrogens is 445 g/mol. The predicted molar refractivity (Wildman–Crippen MR) is 114 cm³/mol. The van der Waals surface area contributed by atoms with Crippen LogP contribution >= 0.6 is 0 Å². The zero-order chi connectivity index (χ0) is 22.5. The number of anilines is 1. The second-order valence-corrected chi connectivity index (χ2v) is 10.8. The van der Waals surface area contributed by atoms with Gasteiger partial charge in [-0.15, -0.1) is 0 Å². The highest BCUT2D eigenvalue weighted by Crippen LogP contribution is 2.23. The molecule has 11 heteroatoms. The van der Waals surface area contributed by atoms with Crippen LogP contribution in [0.4, 0.5) is 10.1 Å². The molecule has 1 heterocycles. The Morgan fingerprint density at radius 2 is 1.61 bits per heavy atom. The van der Waals surface area contributed by atoms with Crippen LogP contribution in [0.5, 0.6) is 0 Å². The lowest BCUT2D eigenvalue weighted by atomic mass is 10.2. The lowest BCUT2D eigenvalue weighted by Crippen LogP contribution is -2.35. The summed E-state index contributed by atoms with van der Waals surface area (Å²) in [5, 5.41) is 2.58. The number of carbonyl (C=O) groups is 1. The summed E-state index contributed by atoms with van der Waals surface area (Å²) < 4.78 is 66.5. The van der Waals surface area contributed by atoms with E-state index in [-0.39, 0.29) is 22.8 Å². The van der Waals surface area contributed by atoms with Crippen LogP contribution in [0.2, 0.25) is 0 Å². The van der Waals surface area contributed by atoms with E-state index in [2.05, 4.69) is 10.0 Å². The van der Waals surface area contributed by atoms with Gasteiger partial charge in [0, 0.05) is 31.7 Å². The molecule has 8 nitrogen and oxygen atoms in total. The summed E-state index contributed by atoms with van der Waals surface area (Å²) in [4.78, 5) is 12.2. The summed E-state index contributed by atoms with van der Waals surface area (Å²) in [7, 11) is -7.49. The SMILES string of the molecule is O=C(CCNS(=O)(=O)c1ccc(F)cc1)Nc1cccc(S(=O)(=O)N2CCCCC2)c1. The Balaban J connectivity index is 1.57. The van der Waals surface area contributed by atoms with Crippen molar-refractivity contribution in [1.29, 1.82) is 0 Å². The van der Waals surface area contributed by atoms with Crippen molar-refractivity contribution in [3.8, 4) is 0 Å². The Bertz CT molecular complexity index is 1130. The molecule has 0 unspecified atom stereocenters. The monoisotopic (exact) mass is 469 g/mol. The molecule has 168 valence electrons. The number of amides is 1. The molecule has 2 N–H and O–H groups in total. The fourth-order valence-electron chi connectivity index (χ4n) is 3.21. The Kier molecular flexibility index (Phi) is 7.42. The maximum atomic E-state index is 12.9. The van der Waals surface area contributed by atoms with Gasteiger partial charge in [0.15, 0.2) is 0 Å². The van der Waals surface area contributed by atoms with Crippen molar-refractivity contribution in [1.82, 2.24) is 9.03 Å². The zero-order valence-electron chi connectivity index (χ0n) is 16.8. The third-order valence-electron chi connectivity index (χ3n) is 4.84. The highest BCUT2D eigenvalue weighted by atomic mass is 32.2. The first kappa shape index (κ1) is 23.3. The normalized spacial score (nSPS) is 15.5. The number of piperidine rings is 1. The van der Waals surface area contributed by atoms with Crippen LogP contribution < -0.4 is 10.0 Å². The van der Waals surface area contributed by atoms with Gasteiger partial charge in [-0.1, -0.05) is 12.5 Å². The molecule has 1 fully saturated rings. The van der Waals surface area contributed by atoms with Crippen molar-refractivity contribution in [2.24, 2.45) is 0 Å². The van der Waals surface area contributed by atoms with E-state index < -0.39 is 31.8 Å². The van der Waals surface area contributed by atoms with Crippen LogP contribution in [0, 0.1) is 5.82 Å². The van der Waals surface area contributed by atoms with Crippen molar-refractivity contribution in [3.63, 3.8) is 0 Å². The molecule has 1 aliphatic heterocycles. The highest BCUT2D eigenvalue weighted by molar-refractivity contribution is 7.89. The van der Waals surface area contributed by atoms with E-state index in [1.165, 1.54) is 16.4 Å². The molecule has 0 aliphatic carbocycles. The Morgan fingerprint density at radius 3 is 2.29 bits per heavy atom. The van der Waals surface area contributed by atoms with E-state index in [0.29, 0.717) is 18.8 Å². The molecule has 31 heavy (non-hydrogen) atoms. The van der Waals surface area contributed by atoms with Gasteiger partial charge in [0.2, 0.25) is 26.0 Å². The van der Waals surface area contributed by atoms with Gasteiger partial charge in [-0.25, -0.2) is 25.9 Å². The fraction of sp³-hybridized carbons (Fsp3) is 0.350. The number of benzene rings is 2. The van der Waals surface area contributed by atoms with Gasteiger partial charge >= 0.3 is 0 Å². The largest absolute Gasteiger partial charge is 0.326 e. The molecule has 1 saturated heterocycles. The van der Waals surface area contributed by atoms with Gasteiger partial charge in [-0.2, -0.15) is 4.31 Å². The molecule has 0 radical (unpaired) electrons. The number of halogens is 1. The van der Waals surface area contributed by atoms with Crippen molar-refractivity contribution < 1.29 is 26.0 Å². The molecular formula is C20H24FN3O5S2. The van der Waals surface area contributed by atoms with Crippen molar-refractivity contribution in [2.75, 3.05) is 25.0 Å². The minimum absolute atomic E-state index is 0.101. The van der Waals surface area contributed by atoms with E-state index in [1.54, 1.807) is 12.1 Å². The van der Waals surface area contributed by atoms with Gasteiger partial charge in [-0.3, -0.25) is 4.79 Å². The molecule has 2 aromatic rings. The standard InChI is InChI=1S/C20H24FN3O5S2/c21-16-7-9-18(10-8-16)30(26,27)22-12-11-20(25)23-17-5-4-6-19(15-17)31(28,29)24-13-2-1-3-14-24/h4-10,15,22H,1-3,11-14H2,(H,23,25). The summed E-state index contributed by atoms with van der Waals surface area (Å²) in [6.45, 7) is 0.789. The first-order valence-electron chi connectivity index (χ1n) is 9.84. The lowest BCUT2D eigenvalue weighted by Gasteiger charge is -2.26. The second-order valence-electron chi connectivity index (χ2n) is 7.14. The van der Waals surface area contributed by atoms with E-state index in [0.717, 1.165) is 43.5 Å². The second kappa shape index (κ2) is 9.86. The smallest absolute Gasteiger partial charge is 0.243 e. The van der Waals surface area contributed by atoms with E-state index in [1.807, 2.05) is 0 Å². The van der Waals surface area contributed by atoms with Crippen LogP contribution in [-0.4, -0.2) is 46.7 Å². The number of hydrogen-bond acceptors (Lipinski definition) is 5. The summed E-state index contributed by atoms with van der Waals surface area (Å²) in [6.07, 6.45) is 2.49. The van der Waals surface area contributed by atoms with Crippen molar-refractivity contribution in [3.05, 3.63) is 54.3 Å². The molecule has 1 amide bonds. The summed E-state index contributed by atoms with van der Waals surface area (Å²) in [5.41, 5.74) is 0.310. The van der Waals surface area contributed by atoms with E-state index in [4.69, 9.17) is 0 Å². The number of nitrogens with zero attached hydrogens (tertiary/aromatic N) is 1. The minimum atomic E-state index is -3.87. The third kappa shape index (κ3) is 6.10. The van der Waals surface area contributed by atoms with Crippen LogP contribution in [0.3, 0.4) is 0 Å². The van der Waals surface area contributed by atoms with E-state index in [9.17, 15) is 26.0 Å². The Labute approximate surface area is 181 Å². The summed E-state index contributed by atoms with van der Waals surface area (Å²) >= 11 is 0. The molecule has 0 bridgehead atoms. The average molecular weight is 470 g/mol. The molecule has 0 aromatic heterocycles. The van der Waals surface area contributed by atoms with Gasteiger partial charge < -0.3 is 5.32 Å². The zero-order valence-corrected chi connectivity index (χ0v) is 18.4. The van der Waals surface area contributed by atoms with Crippen LogP contribution in [0.1, 0.15) is 25.7 Å². The van der Waals surface area contributed by atoms with Crippen molar-refractivity contribution in [2.45, 2.75) is 35.5 Å². The number of hydrogen-bond donors (Lipinski definition) is 2. The quantitative estimate of drug-likeness (QED) is 0.616.